The van der Waals surface area contributed by atoms with Gasteiger partial charge >= 0.3 is 0 Å². The maximum atomic E-state index is 10.2. The lowest BCUT2D eigenvalue weighted by Crippen LogP contribution is -2.22. The minimum atomic E-state index is -0.0754. The molecule has 0 amide bonds. The van der Waals surface area contributed by atoms with Crippen molar-refractivity contribution in [3.05, 3.63) is 64.2 Å². The Balaban J connectivity index is 2.11. The van der Waals surface area contributed by atoms with Crippen LogP contribution in [0.3, 0.4) is 0 Å². The fourth-order valence-electron chi connectivity index (χ4n) is 2.92. The monoisotopic (exact) mass is 315 g/mol. The van der Waals surface area contributed by atoms with Gasteiger partial charge in [-0.25, -0.2) is 0 Å². The molecule has 0 radical (unpaired) electrons. The molecule has 0 aliphatic heterocycles. The van der Waals surface area contributed by atoms with Gasteiger partial charge in [-0.2, -0.15) is 0 Å². The number of hydrogen-bond acceptors (Lipinski definition) is 3. The maximum Gasteiger partial charge on any atom is 0.161 e. The molecule has 4 heteroatoms. The van der Waals surface area contributed by atoms with Gasteiger partial charge < -0.3 is 10.2 Å². The summed E-state index contributed by atoms with van der Waals surface area (Å²) in [7, 11) is 4.00. The Bertz CT molecular complexity index is 735. The van der Waals surface area contributed by atoms with Crippen molar-refractivity contribution in [1.82, 2.24) is 4.90 Å². The summed E-state index contributed by atoms with van der Waals surface area (Å²) < 4.78 is 0. The number of nitrogens with zero attached hydrogens (tertiary/aromatic N) is 1. The highest BCUT2D eigenvalue weighted by Gasteiger charge is 2.26. The van der Waals surface area contributed by atoms with Crippen molar-refractivity contribution >= 4 is 17.2 Å². The molecule has 1 atom stereocenters. The Kier molecular flexibility index (Phi) is 3.85. The number of fused-ring (bicyclic) bond motifs is 1. The summed E-state index contributed by atoms with van der Waals surface area (Å²) in [6.07, 6.45) is 2.78. The Morgan fingerprint density at radius 1 is 1.05 bits per heavy atom. The molecule has 2 aromatic carbocycles. The first kappa shape index (κ1) is 14.9. The van der Waals surface area contributed by atoms with E-state index >= 15 is 0 Å². The summed E-state index contributed by atoms with van der Waals surface area (Å²) in [5.74, 6) is -0.0995. The summed E-state index contributed by atoms with van der Waals surface area (Å²) in [6, 6.07) is 11.2. The van der Waals surface area contributed by atoms with Crippen molar-refractivity contribution in [2.24, 2.45) is 0 Å². The zero-order valence-electron chi connectivity index (χ0n) is 12.5. The van der Waals surface area contributed by atoms with E-state index in [0.29, 0.717) is 11.4 Å². The van der Waals surface area contributed by atoms with Crippen LogP contribution in [0, 0.1) is 0 Å². The zero-order chi connectivity index (χ0) is 15.9. The number of hydrogen-bond donors (Lipinski definition) is 2. The highest BCUT2D eigenvalue weighted by Crippen LogP contribution is 2.42. The molecule has 2 aromatic rings. The highest BCUT2D eigenvalue weighted by atomic mass is 35.5. The van der Waals surface area contributed by atoms with Crippen LogP contribution in [0.2, 0.25) is 5.02 Å². The second kappa shape index (κ2) is 5.67. The average Bonchev–Trinajstić information content (AvgIpc) is 2.51. The van der Waals surface area contributed by atoms with Crippen LogP contribution in [0.5, 0.6) is 11.5 Å². The van der Waals surface area contributed by atoms with Crippen LogP contribution < -0.4 is 0 Å². The summed E-state index contributed by atoms with van der Waals surface area (Å²) in [4.78, 5) is 2.09. The van der Waals surface area contributed by atoms with Crippen LogP contribution in [0.25, 0.3) is 5.57 Å². The van der Waals surface area contributed by atoms with Gasteiger partial charge in [0.1, 0.15) is 0 Å². The minimum Gasteiger partial charge on any atom is -0.504 e. The summed E-state index contributed by atoms with van der Waals surface area (Å²) in [6.45, 7) is 0. The van der Waals surface area contributed by atoms with Crippen molar-refractivity contribution in [1.29, 1.82) is 0 Å². The lowest BCUT2D eigenvalue weighted by Gasteiger charge is -2.30. The van der Waals surface area contributed by atoms with Gasteiger partial charge in [0.15, 0.2) is 11.5 Å². The molecule has 1 unspecified atom stereocenters. The second-order valence-corrected chi connectivity index (χ2v) is 6.22. The molecular weight excluding hydrogens is 298 g/mol. The topological polar surface area (TPSA) is 43.7 Å². The molecule has 2 N–H and O–H groups in total. The van der Waals surface area contributed by atoms with E-state index < -0.39 is 0 Å². The molecule has 0 spiro atoms. The summed E-state index contributed by atoms with van der Waals surface area (Å²) in [5, 5.41) is 20.7. The van der Waals surface area contributed by atoms with E-state index in [9.17, 15) is 10.2 Å². The molecule has 0 saturated heterocycles. The van der Waals surface area contributed by atoms with E-state index in [4.69, 9.17) is 11.6 Å². The molecule has 1 aliphatic carbocycles. The Hall–Kier alpha value is -1.97. The van der Waals surface area contributed by atoms with E-state index in [1.165, 1.54) is 0 Å². The molecule has 0 aromatic heterocycles. The average molecular weight is 316 g/mol. The van der Waals surface area contributed by atoms with Crippen molar-refractivity contribution in [3.63, 3.8) is 0 Å². The van der Waals surface area contributed by atoms with E-state index in [1.807, 2.05) is 44.4 Å². The molecule has 0 heterocycles. The Morgan fingerprint density at radius 2 is 1.73 bits per heavy atom. The predicted molar refractivity (Wildman–Crippen MR) is 89.3 cm³/mol. The van der Waals surface area contributed by atoms with E-state index in [0.717, 1.165) is 22.3 Å². The first-order chi connectivity index (χ1) is 10.5. The predicted octanol–water partition coefficient (Wildman–Crippen LogP) is 3.99. The number of benzene rings is 2. The fourth-order valence-corrected chi connectivity index (χ4v) is 3.05. The van der Waals surface area contributed by atoms with Crippen molar-refractivity contribution in [2.45, 2.75) is 12.5 Å². The number of aromatic hydroxyl groups is 2. The molecule has 22 heavy (non-hydrogen) atoms. The second-order valence-electron chi connectivity index (χ2n) is 5.79. The standard InChI is InChI=1S/C18H18ClNO2/c1-20(2)16-10-12(11-3-5-13(19)6-4-11)9-15-14(16)7-8-17(21)18(15)22/h3-8,10,16,21-22H,9H2,1-2H3. The van der Waals surface area contributed by atoms with Crippen LogP contribution in [0.4, 0.5) is 0 Å². The molecule has 3 nitrogen and oxygen atoms in total. The Labute approximate surface area is 135 Å². The summed E-state index contributed by atoms with van der Waals surface area (Å²) in [5.41, 5.74) is 4.00. The van der Waals surface area contributed by atoms with Crippen LogP contribution >= 0.6 is 11.6 Å². The number of halogens is 1. The molecule has 3 rings (SSSR count). The van der Waals surface area contributed by atoms with Gasteiger partial charge in [0.2, 0.25) is 0 Å². The van der Waals surface area contributed by atoms with Gasteiger partial charge in [-0.15, -0.1) is 0 Å². The molecule has 0 saturated carbocycles. The SMILES string of the molecule is CN(C)C1C=C(c2ccc(Cl)cc2)Cc2c1ccc(O)c2O. The largest absolute Gasteiger partial charge is 0.504 e. The minimum absolute atomic E-state index is 0.0242. The van der Waals surface area contributed by atoms with Crippen LogP contribution in [0.1, 0.15) is 22.7 Å². The smallest absolute Gasteiger partial charge is 0.161 e. The zero-order valence-corrected chi connectivity index (χ0v) is 13.3. The number of likely N-dealkylation sites (N-methyl/N-ethyl adjacent to an activating group) is 1. The molecule has 0 fully saturated rings. The van der Waals surface area contributed by atoms with E-state index in [1.54, 1.807) is 6.07 Å². The van der Waals surface area contributed by atoms with Gasteiger partial charge in [-0.1, -0.05) is 35.9 Å². The number of phenols is 2. The summed E-state index contributed by atoms with van der Waals surface area (Å²) >= 11 is 5.96. The van der Waals surface area contributed by atoms with Crippen molar-refractivity contribution in [2.75, 3.05) is 14.1 Å². The number of rotatable bonds is 2. The maximum absolute atomic E-state index is 10.2. The van der Waals surface area contributed by atoms with E-state index in [-0.39, 0.29) is 17.5 Å². The third kappa shape index (κ3) is 2.58. The molecule has 1 aliphatic rings. The molecular formula is C18H18ClNO2. The first-order valence-corrected chi connectivity index (χ1v) is 7.52. The van der Waals surface area contributed by atoms with Gasteiger partial charge in [0, 0.05) is 17.0 Å². The van der Waals surface area contributed by atoms with Gasteiger partial charge in [0.25, 0.3) is 0 Å². The molecule has 0 bridgehead atoms. The highest BCUT2D eigenvalue weighted by molar-refractivity contribution is 6.30. The third-order valence-electron chi connectivity index (χ3n) is 4.11. The third-order valence-corrected chi connectivity index (χ3v) is 4.37. The Morgan fingerprint density at radius 3 is 2.36 bits per heavy atom. The van der Waals surface area contributed by atoms with Crippen LogP contribution in [-0.4, -0.2) is 29.2 Å². The lowest BCUT2D eigenvalue weighted by molar-refractivity contribution is 0.343. The van der Waals surface area contributed by atoms with Gasteiger partial charge in [0.05, 0.1) is 6.04 Å². The van der Waals surface area contributed by atoms with Gasteiger partial charge in [-0.3, -0.25) is 4.90 Å². The lowest BCUT2D eigenvalue weighted by atomic mass is 9.84. The van der Waals surface area contributed by atoms with Crippen LogP contribution in [0.15, 0.2) is 42.5 Å². The number of allylic oxidation sites excluding steroid dienone is 1. The van der Waals surface area contributed by atoms with E-state index in [2.05, 4.69) is 11.0 Å². The number of phenolic OH excluding ortho intramolecular Hbond substituents is 2. The fraction of sp³-hybridized carbons (Fsp3) is 0.222. The normalized spacial score (nSPS) is 17.3. The quantitative estimate of drug-likeness (QED) is 0.823. The van der Waals surface area contributed by atoms with Gasteiger partial charge in [-0.05, 0) is 49.0 Å². The van der Waals surface area contributed by atoms with Crippen LogP contribution in [-0.2, 0) is 6.42 Å². The molecule has 114 valence electrons. The first-order valence-electron chi connectivity index (χ1n) is 7.14. The van der Waals surface area contributed by atoms with Crippen molar-refractivity contribution < 1.29 is 10.2 Å². The van der Waals surface area contributed by atoms with Crippen molar-refractivity contribution in [3.8, 4) is 11.5 Å².